The second-order valence-corrected chi connectivity index (χ2v) is 5.66. The van der Waals surface area contributed by atoms with Crippen molar-refractivity contribution < 1.29 is 9.50 Å². The van der Waals surface area contributed by atoms with Crippen LogP contribution in [0.15, 0.2) is 16.6 Å². The molecule has 1 aromatic carbocycles. The summed E-state index contributed by atoms with van der Waals surface area (Å²) in [4.78, 5) is 0. The number of aliphatic hydroxyl groups is 1. The van der Waals surface area contributed by atoms with Crippen LogP contribution >= 0.6 is 15.9 Å². The summed E-state index contributed by atoms with van der Waals surface area (Å²) in [6.07, 6.45) is 4.66. The van der Waals surface area contributed by atoms with Crippen molar-refractivity contribution in [2.24, 2.45) is 0 Å². The van der Waals surface area contributed by atoms with Gasteiger partial charge >= 0.3 is 0 Å². The summed E-state index contributed by atoms with van der Waals surface area (Å²) < 4.78 is 13.7. The molecule has 1 aliphatic rings. The summed E-state index contributed by atoms with van der Waals surface area (Å²) in [6, 6.07) is 2.91. The maximum absolute atomic E-state index is 13.3. The predicted molar refractivity (Wildman–Crippen MR) is 75.0 cm³/mol. The monoisotopic (exact) mass is 316 g/mol. The first-order chi connectivity index (χ1) is 8.58. The van der Waals surface area contributed by atoms with Crippen LogP contribution < -0.4 is 11.1 Å². The molecule has 1 aromatic rings. The Labute approximate surface area is 115 Å². The second-order valence-electron chi connectivity index (χ2n) is 4.81. The molecule has 4 N–H and O–H groups in total. The second kappa shape index (κ2) is 5.89. The van der Waals surface area contributed by atoms with Crippen molar-refractivity contribution in [3.63, 3.8) is 0 Å². The van der Waals surface area contributed by atoms with Gasteiger partial charge in [-0.15, -0.1) is 0 Å². The summed E-state index contributed by atoms with van der Waals surface area (Å²) in [6.45, 7) is 0. The quantitative estimate of drug-likeness (QED) is 0.579. The lowest BCUT2D eigenvalue weighted by atomic mass is 10.1. The lowest BCUT2D eigenvalue weighted by Gasteiger charge is -2.24. The molecule has 1 saturated carbocycles. The topological polar surface area (TPSA) is 58.3 Å². The van der Waals surface area contributed by atoms with E-state index < -0.39 is 0 Å². The lowest BCUT2D eigenvalue weighted by molar-refractivity contribution is 0.144. The van der Waals surface area contributed by atoms with E-state index in [0.29, 0.717) is 15.8 Å². The molecule has 5 heteroatoms. The van der Waals surface area contributed by atoms with Crippen LogP contribution in [0.25, 0.3) is 0 Å². The number of benzene rings is 1. The normalized spacial score (nSPS) is 24.6. The zero-order chi connectivity index (χ0) is 13.1. The lowest BCUT2D eigenvalue weighted by Crippen LogP contribution is -2.32. The van der Waals surface area contributed by atoms with E-state index >= 15 is 0 Å². The van der Waals surface area contributed by atoms with Crippen molar-refractivity contribution >= 4 is 27.3 Å². The van der Waals surface area contributed by atoms with E-state index in [2.05, 4.69) is 21.2 Å². The Bertz CT molecular complexity index is 428. The fourth-order valence-corrected chi connectivity index (χ4v) is 2.69. The van der Waals surface area contributed by atoms with Gasteiger partial charge in [-0.3, -0.25) is 0 Å². The molecule has 0 spiro atoms. The van der Waals surface area contributed by atoms with Gasteiger partial charge in [0.1, 0.15) is 5.82 Å². The highest BCUT2D eigenvalue weighted by molar-refractivity contribution is 9.10. The third kappa shape index (κ3) is 3.14. The standard InChI is InChI=1S/C13H18BrFN2O/c14-8-6-12(10(16)7-9(8)15)17-11-4-2-1-3-5-13(11)18/h6-7,11,13,17-18H,1-5,16H2. The van der Waals surface area contributed by atoms with Crippen molar-refractivity contribution in [2.75, 3.05) is 11.1 Å². The first-order valence-electron chi connectivity index (χ1n) is 6.27. The summed E-state index contributed by atoms with van der Waals surface area (Å²) in [5.41, 5.74) is 6.83. The van der Waals surface area contributed by atoms with Crippen LogP contribution in [0.1, 0.15) is 32.1 Å². The van der Waals surface area contributed by atoms with Gasteiger partial charge in [0.25, 0.3) is 0 Å². The molecular formula is C13H18BrFN2O. The smallest absolute Gasteiger partial charge is 0.139 e. The number of anilines is 2. The summed E-state index contributed by atoms with van der Waals surface area (Å²) in [7, 11) is 0. The Morgan fingerprint density at radius 2 is 2.00 bits per heavy atom. The Morgan fingerprint density at radius 1 is 1.28 bits per heavy atom. The van der Waals surface area contributed by atoms with E-state index in [1.165, 1.54) is 6.07 Å². The van der Waals surface area contributed by atoms with Crippen LogP contribution in [-0.2, 0) is 0 Å². The molecule has 2 unspecified atom stereocenters. The minimum Gasteiger partial charge on any atom is -0.397 e. The largest absolute Gasteiger partial charge is 0.397 e. The molecule has 0 aromatic heterocycles. The average molecular weight is 317 g/mol. The maximum Gasteiger partial charge on any atom is 0.139 e. The third-order valence-corrected chi connectivity index (χ3v) is 4.02. The molecule has 2 atom stereocenters. The Kier molecular flexibility index (Phi) is 4.45. The SMILES string of the molecule is Nc1cc(F)c(Br)cc1NC1CCCCCC1O. The number of halogens is 2. The highest BCUT2D eigenvalue weighted by Crippen LogP contribution is 2.29. The van der Waals surface area contributed by atoms with Crippen molar-refractivity contribution in [1.82, 2.24) is 0 Å². The fraction of sp³-hybridized carbons (Fsp3) is 0.538. The molecule has 18 heavy (non-hydrogen) atoms. The molecular weight excluding hydrogens is 299 g/mol. The van der Waals surface area contributed by atoms with Crippen molar-refractivity contribution in [1.29, 1.82) is 0 Å². The number of nitrogens with two attached hydrogens (primary N) is 1. The van der Waals surface area contributed by atoms with Gasteiger partial charge in [-0.2, -0.15) is 0 Å². The molecule has 3 nitrogen and oxygen atoms in total. The van der Waals surface area contributed by atoms with E-state index in [9.17, 15) is 9.50 Å². The highest BCUT2D eigenvalue weighted by Gasteiger charge is 2.22. The number of nitrogen functional groups attached to an aromatic ring is 1. The molecule has 0 aliphatic heterocycles. The Hall–Kier alpha value is -0.810. The van der Waals surface area contributed by atoms with Gasteiger partial charge in [-0.1, -0.05) is 19.3 Å². The van der Waals surface area contributed by atoms with Crippen molar-refractivity contribution in [3.05, 3.63) is 22.4 Å². The van der Waals surface area contributed by atoms with E-state index in [0.717, 1.165) is 32.1 Å². The molecule has 100 valence electrons. The zero-order valence-corrected chi connectivity index (χ0v) is 11.7. The van der Waals surface area contributed by atoms with Gasteiger partial charge in [0.05, 0.1) is 28.0 Å². The average Bonchev–Trinajstić information content (AvgIpc) is 2.52. The number of rotatable bonds is 2. The first-order valence-corrected chi connectivity index (χ1v) is 7.06. The number of nitrogens with one attached hydrogen (secondary N) is 1. The van der Waals surface area contributed by atoms with Gasteiger partial charge in [0, 0.05) is 6.07 Å². The van der Waals surface area contributed by atoms with Crippen LogP contribution in [-0.4, -0.2) is 17.3 Å². The molecule has 1 aliphatic carbocycles. The van der Waals surface area contributed by atoms with Gasteiger partial charge in [-0.05, 0) is 34.8 Å². The molecule has 0 radical (unpaired) electrons. The molecule has 0 bridgehead atoms. The minimum absolute atomic E-state index is 0.00726. The fourth-order valence-electron chi connectivity index (χ4n) is 2.34. The van der Waals surface area contributed by atoms with Crippen LogP contribution in [0.5, 0.6) is 0 Å². The molecule has 0 heterocycles. The number of hydrogen-bond acceptors (Lipinski definition) is 3. The minimum atomic E-state index is -0.375. The van der Waals surface area contributed by atoms with E-state index in [1.54, 1.807) is 6.07 Å². The van der Waals surface area contributed by atoms with Gasteiger partial charge in [0.15, 0.2) is 0 Å². The molecule has 2 rings (SSSR count). The van der Waals surface area contributed by atoms with Crippen LogP contribution in [0.4, 0.5) is 15.8 Å². The third-order valence-electron chi connectivity index (χ3n) is 3.41. The molecule has 0 amide bonds. The Balaban J connectivity index is 2.14. The van der Waals surface area contributed by atoms with Crippen LogP contribution in [0.3, 0.4) is 0 Å². The van der Waals surface area contributed by atoms with E-state index in [1.807, 2.05) is 0 Å². The zero-order valence-electron chi connectivity index (χ0n) is 10.1. The summed E-state index contributed by atoms with van der Waals surface area (Å²) in [5.74, 6) is -0.375. The number of hydrogen-bond donors (Lipinski definition) is 3. The first kappa shape index (κ1) is 13.6. The van der Waals surface area contributed by atoms with E-state index in [-0.39, 0.29) is 18.0 Å². The molecule has 0 saturated heterocycles. The maximum atomic E-state index is 13.3. The van der Waals surface area contributed by atoms with Crippen LogP contribution in [0, 0.1) is 5.82 Å². The van der Waals surface area contributed by atoms with Crippen molar-refractivity contribution in [3.8, 4) is 0 Å². The summed E-state index contributed by atoms with van der Waals surface area (Å²) in [5, 5.41) is 13.3. The van der Waals surface area contributed by atoms with Crippen LogP contribution in [0.2, 0.25) is 0 Å². The van der Waals surface area contributed by atoms with Gasteiger partial charge < -0.3 is 16.2 Å². The highest BCUT2D eigenvalue weighted by atomic mass is 79.9. The predicted octanol–water partition coefficient (Wildman–Crippen LogP) is 3.28. The van der Waals surface area contributed by atoms with Crippen molar-refractivity contribution in [2.45, 2.75) is 44.2 Å². The molecule has 1 fully saturated rings. The Morgan fingerprint density at radius 3 is 2.78 bits per heavy atom. The summed E-state index contributed by atoms with van der Waals surface area (Å²) >= 11 is 3.14. The van der Waals surface area contributed by atoms with Gasteiger partial charge in [0.2, 0.25) is 0 Å². The van der Waals surface area contributed by atoms with E-state index in [4.69, 9.17) is 5.73 Å². The van der Waals surface area contributed by atoms with Gasteiger partial charge in [-0.25, -0.2) is 4.39 Å². The number of aliphatic hydroxyl groups excluding tert-OH is 1.